The van der Waals surface area contributed by atoms with Crippen LogP contribution in [-0.2, 0) is 0 Å². The zero-order valence-corrected chi connectivity index (χ0v) is 8.74. The standard InChI is InChI=1S/C12H8N2S/c1-2-10(7-13-5-1)9-3-4-11-12(6-9)15-8-14-11/h1-8H. The molecule has 0 unspecified atom stereocenters. The number of hydrogen-bond donors (Lipinski definition) is 0. The number of nitrogens with zero attached hydrogens (tertiary/aromatic N) is 2. The zero-order valence-electron chi connectivity index (χ0n) is 7.92. The van der Waals surface area contributed by atoms with Gasteiger partial charge in [-0.15, -0.1) is 11.3 Å². The van der Waals surface area contributed by atoms with E-state index in [2.05, 4.69) is 28.2 Å². The summed E-state index contributed by atoms with van der Waals surface area (Å²) in [6.07, 6.45) is 3.66. The van der Waals surface area contributed by atoms with Crippen LogP contribution in [0.15, 0.2) is 48.2 Å². The average Bonchev–Trinajstić information content (AvgIpc) is 2.77. The molecule has 0 amide bonds. The van der Waals surface area contributed by atoms with Crippen molar-refractivity contribution < 1.29 is 0 Å². The van der Waals surface area contributed by atoms with Crippen LogP contribution < -0.4 is 0 Å². The molecule has 0 aliphatic carbocycles. The van der Waals surface area contributed by atoms with Gasteiger partial charge in [-0.05, 0) is 23.8 Å². The monoisotopic (exact) mass is 212 g/mol. The summed E-state index contributed by atoms with van der Waals surface area (Å²) >= 11 is 1.66. The molecule has 0 radical (unpaired) electrons. The van der Waals surface area contributed by atoms with Crippen molar-refractivity contribution in [2.75, 3.05) is 0 Å². The van der Waals surface area contributed by atoms with Crippen LogP contribution in [0.25, 0.3) is 21.3 Å². The first-order valence-corrected chi connectivity index (χ1v) is 5.55. The number of aromatic nitrogens is 2. The maximum absolute atomic E-state index is 4.26. The van der Waals surface area contributed by atoms with Crippen LogP contribution in [0.2, 0.25) is 0 Å². The highest BCUT2D eigenvalue weighted by Gasteiger charge is 2.00. The largest absolute Gasteiger partial charge is 0.264 e. The van der Waals surface area contributed by atoms with Crippen LogP contribution in [0.4, 0.5) is 0 Å². The normalized spacial score (nSPS) is 10.7. The van der Waals surface area contributed by atoms with E-state index in [0.717, 1.165) is 11.1 Å². The van der Waals surface area contributed by atoms with Crippen LogP contribution >= 0.6 is 11.3 Å². The van der Waals surface area contributed by atoms with Crippen molar-refractivity contribution in [3.05, 3.63) is 48.2 Å². The van der Waals surface area contributed by atoms with Crippen molar-refractivity contribution in [1.29, 1.82) is 0 Å². The van der Waals surface area contributed by atoms with E-state index in [0.29, 0.717) is 0 Å². The summed E-state index contributed by atoms with van der Waals surface area (Å²) < 4.78 is 1.22. The third-order valence-corrected chi connectivity index (χ3v) is 3.12. The molecule has 3 rings (SSSR count). The summed E-state index contributed by atoms with van der Waals surface area (Å²) in [4.78, 5) is 8.37. The van der Waals surface area contributed by atoms with Gasteiger partial charge in [0.15, 0.2) is 0 Å². The van der Waals surface area contributed by atoms with Gasteiger partial charge in [0, 0.05) is 18.0 Å². The first-order chi connectivity index (χ1) is 7.43. The molecule has 0 aliphatic rings. The van der Waals surface area contributed by atoms with Crippen LogP contribution in [0.3, 0.4) is 0 Å². The zero-order chi connectivity index (χ0) is 10.1. The maximum atomic E-state index is 4.26. The molecule has 2 heterocycles. The summed E-state index contributed by atoms with van der Waals surface area (Å²) in [6, 6.07) is 10.3. The number of rotatable bonds is 1. The lowest BCUT2D eigenvalue weighted by Crippen LogP contribution is -1.78. The third-order valence-electron chi connectivity index (χ3n) is 2.33. The summed E-state index contributed by atoms with van der Waals surface area (Å²) in [5.41, 5.74) is 5.28. The first kappa shape index (κ1) is 8.56. The molecule has 1 aromatic carbocycles. The van der Waals surface area contributed by atoms with E-state index in [4.69, 9.17) is 0 Å². The van der Waals surface area contributed by atoms with Gasteiger partial charge in [0.1, 0.15) is 0 Å². The molecule has 0 atom stereocenters. The highest BCUT2D eigenvalue weighted by Crippen LogP contribution is 2.25. The van der Waals surface area contributed by atoms with Crippen molar-refractivity contribution in [3.8, 4) is 11.1 Å². The fourth-order valence-electron chi connectivity index (χ4n) is 1.57. The van der Waals surface area contributed by atoms with E-state index >= 15 is 0 Å². The van der Waals surface area contributed by atoms with Crippen LogP contribution in [0.1, 0.15) is 0 Å². The molecular weight excluding hydrogens is 204 g/mol. The topological polar surface area (TPSA) is 25.8 Å². The fourth-order valence-corrected chi connectivity index (χ4v) is 2.28. The highest BCUT2D eigenvalue weighted by molar-refractivity contribution is 7.16. The number of pyridine rings is 1. The molecule has 0 fully saturated rings. The predicted molar refractivity (Wildman–Crippen MR) is 62.9 cm³/mol. The molecule has 0 N–H and O–H groups in total. The Morgan fingerprint density at radius 2 is 2.07 bits per heavy atom. The Bertz CT molecular complexity index is 587. The molecule has 0 spiro atoms. The summed E-state index contributed by atoms with van der Waals surface area (Å²) in [7, 11) is 0. The van der Waals surface area contributed by atoms with Crippen LogP contribution in [0, 0.1) is 0 Å². The Morgan fingerprint density at radius 3 is 2.93 bits per heavy atom. The van der Waals surface area contributed by atoms with E-state index in [1.807, 2.05) is 23.8 Å². The van der Waals surface area contributed by atoms with Gasteiger partial charge < -0.3 is 0 Å². The number of benzene rings is 1. The van der Waals surface area contributed by atoms with Gasteiger partial charge in [0.05, 0.1) is 15.7 Å². The van der Waals surface area contributed by atoms with E-state index in [-0.39, 0.29) is 0 Å². The van der Waals surface area contributed by atoms with E-state index in [9.17, 15) is 0 Å². The van der Waals surface area contributed by atoms with Crippen LogP contribution in [-0.4, -0.2) is 9.97 Å². The van der Waals surface area contributed by atoms with E-state index < -0.39 is 0 Å². The molecule has 0 saturated heterocycles. The van der Waals surface area contributed by atoms with Crippen molar-refractivity contribution in [2.24, 2.45) is 0 Å². The fraction of sp³-hybridized carbons (Fsp3) is 0. The van der Waals surface area contributed by atoms with Crippen molar-refractivity contribution in [2.45, 2.75) is 0 Å². The minimum absolute atomic E-state index is 1.06. The predicted octanol–water partition coefficient (Wildman–Crippen LogP) is 3.36. The molecule has 0 aliphatic heterocycles. The quantitative estimate of drug-likeness (QED) is 0.618. The first-order valence-electron chi connectivity index (χ1n) is 4.67. The molecule has 2 aromatic heterocycles. The SMILES string of the molecule is c1cncc(-c2ccc3ncsc3c2)c1. The molecule has 3 heteroatoms. The number of hydrogen-bond acceptors (Lipinski definition) is 3. The van der Waals surface area contributed by atoms with E-state index in [1.54, 1.807) is 17.5 Å². The summed E-state index contributed by atoms with van der Waals surface area (Å²) in [6.45, 7) is 0. The Hall–Kier alpha value is -1.74. The molecule has 0 bridgehead atoms. The molecule has 0 saturated carbocycles. The molecule has 15 heavy (non-hydrogen) atoms. The van der Waals surface area contributed by atoms with Gasteiger partial charge in [-0.3, -0.25) is 4.98 Å². The Labute approximate surface area is 91.2 Å². The number of fused-ring (bicyclic) bond motifs is 1. The van der Waals surface area contributed by atoms with Crippen LogP contribution in [0.5, 0.6) is 0 Å². The lowest BCUT2D eigenvalue weighted by molar-refractivity contribution is 1.33. The average molecular weight is 212 g/mol. The lowest BCUT2D eigenvalue weighted by atomic mass is 10.1. The van der Waals surface area contributed by atoms with Crippen molar-refractivity contribution in [3.63, 3.8) is 0 Å². The van der Waals surface area contributed by atoms with Gasteiger partial charge >= 0.3 is 0 Å². The van der Waals surface area contributed by atoms with Gasteiger partial charge in [-0.25, -0.2) is 4.98 Å². The molecule has 2 nitrogen and oxygen atoms in total. The summed E-state index contributed by atoms with van der Waals surface area (Å²) in [5, 5.41) is 0. The second kappa shape index (κ2) is 3.44. The highest BCUT2D eigenvalue weighted by atomic mass is 32.1. The Kier molecular flexibility index (Phi) is 1.96. The van der Waals surface area contributed by atoms with E-state index in [1.165, 1.54) is 10.3 Å². The maximum Gasteiger partial charge on any atom is 0.0812 e. The van der Waals surface area contributed by atoms with Crippen molar-refractivity contribution in [1.82, 2.24) is 9.97 Å². The smallest absolute Gasteiger partial charge is 0.0812 e. The minimum Gasteiger partial charge on any atom is -0.264 e. The van der Waals surface area contributed by atoms with Crippen molar-refractivity contribution >= 4 is 21.6 Å². The summed E-state index contributed by atoms with van der Waals surface area (Å²) in [5.74, 6) is 0. The molecule has 3 aromatic rings. The van der Waals surface area contributed by atoms with Gasteiger partial charge in [0.2, 0.25) is 0 Å². The Balaban J connectivity index is 2.19. The second-order valence-corrected chi connectivity index (χ2v) is 4.16. The van der Waals surface area contributed by atoms with Gasteiger partial charge in [-0.1, -0.05) is 12.1 Å². The lowest BCUT2D eigenvalue weighted by Gasteiger charge is -1.99. The molecular formula is C12H8N2S. The third kappa shape index (κ3) is 1.51. The Morgan fingerprint density at radius 1 is 1.07 bits per heavy atom. The number of thiazole rings is 1. The minimum atomic E-state index is 1.06. The second-order valence-electron chi connectivity index (χ2n) is 3.28. The van der Waals surface area contributed by atoms with Gasteiger partial charge in [-0.2, -0.15) is 0 Å². The van der Waals surface area contributed by atoms with Gasteiger partial charge in [0.25, 0.3) is 0 Å². The molecule has 72 valence electrons.